The molecule has 1 aliphatic heterocycles. The third-order valence-corrected chi connectivity index (χ3v) is 5.14. The van der Waals surface area contributed by atoms with Gasteiger partial charge in [-0.15, -0.1) is 0 Å². The molecule has 7 nitrogen and oxygen atoms in total. The molecule has 8 heteroatoms. The van der Waals surface area contributed by atoms with Crippen molar-refractivity contribution in [2.45, 2.75) is 53.1 Å². The number of carbonyl (C=O) groups is 2. The molecule has 0 bridgehead atoms. The Morgan fingerprint density at radius 3 is 2.69 bits per heavy atom. The van der Waals surface area contributed by atoms with E-state index in [1.54, 1.807) is 20.0 Å². The number of hydrogen-bond acceptors (Lipinski definition) is 7. The maximum atomic E-state index is 12.6. The van der Waals surface area contributed by atoms with Crippen LogP contribution in [0.15, 0.2) is 18.2 Å². The summed E-state index contributed by atoms with van der Waals surface area (Å²) < 4.78 is 20.0. The standard InChI is InChI=1S/C21H32N2O5S/c1-7-26-18(24)11-12-23(14-15(2)3)29-22(6)20(25)27-17-10-8-9-16-13-21(4,5)28-19(16)17/h8-10,15H,7,11-14H2,1-6H3. The van der Waals surface area contributed by atoms with Crippen molar-refractivity contribution in [1.82, 2.24) is 8.61 Å². The molecule has 2 rings (SSSR count). The molecule has 162 valence electrons. The first-order valence-corrected chi connectivity index (χ1v) is 10.7. The summed E-state index contributed by atoms with van der Waals surface area (Å²) in [5.74, 6) is 1.19. The van der Waals surface area contributed by atoms with Crippen molar-refractivity contribution in [3.63, 3.8) is 0 Å². The van der Waals surface area contributed by atoms with Crippen LogP contribution in [0.1, 0.15) is 46.6 Å². The van der Waals surface area contributed by atoms with Crippen LogP contribution >= 0.6 is 12.1 Å². The third-order valence-electron chi connectivity index (χ3n) is 4.19. The first-order valence-electron chi connectivity index (χ1n) is 9.96. The molecule has 0 saturated heterocycles. The molecule has 0 spiro atoms. The van der Waals surface area contributed by atoms with Crippen LogP contribution in [0.3, 0.4) is 0 Å². The lowest BCUT2D eigenvalue weighted by atomic mass is 10.0. The maximum absolute atomic E-state index is 12.6. The fourth-order valence-electron chi connectivity index (χ4n) is 3.05. The van der Waals surface area contributed by atoms with E-state index in [0.717, 1.165) is 18.5 Å². The molecule has 29 heavy (non-hydrogen) atoms. The van der Waals surface area contributed by atoms with Crippen molar-refractivity contribution in [2.75, 3.05) is 26.7 Å². The zero-order valence-electron chi connectivity index (χ0n) is 18.2. The molecule has 1 aliphatic rings. The topological polar surface area (TPSA) is 68.3 Å². The summed E-state index contributed by atoms with van der Waals surface area (Å²) in [6, 6.07) is 5.59. The Balaban J connectivity index is 1.98. The van der Waals surface area contributed by atoms with Gasteiger partial charge in [0.2, 0.25) is 0 Å². The van der Waals surface area contributed by atoms with E-state index in [4.69, 9.17) is 14.2 Å². The second kappa shape index (κ2) is 10.2. The fourth-order valence-corrected chi connectivity index (χ4v) is 4.04. The monoisotopic (exact) mass is 424 g/mol. The van der Waals surface area contributed by atoms with E-state index in [-0.39, 0.29) is 18.0 Å². The molecule has 0 unspecified atom stereocenters. The van der Waals surface area contributed by atoms with Crippen LogP contribution in [0.2, 0.25) is 0 Å². The minimum Gasteiger partial charge on any atom is -0.483 e. The molecule has 1 amide bonds. The van der Waals surface area contributed by atoms with Gasteiger partial charge >= 0.3 is 12.1 Å². The normalized spacial score (nSPS) is 14.5. The molecule has 1 heterocycles. The third kappa shape index (κ3) is 7.12. The predicted octanol–water partition coefficient (Wildman–Crippen LogP) is 4.31. The summed E-state index contributed by atoms with van der Waals surface area (Å²) in [5, 5.41) is 0. The minimum atomic E-state index is -0.499. The van der Waals surface area contributed by atoms with E-state index in [1.165, 1.54) is 16.4 Å². The number of benzene rings is 1. The summed E-state index contributed by atoms with van der Waals surface area (Å²) in [4.78, 5) is 24.3. The Hall–Kier alpha value is -1.93. The van der Waals surface area contributed by atoms with Gasteiger partial charge in [0.25, 0.3) is 0 Å². The fraction of sp³-hybridized carbons (Fsp3) is 0.619. The average molecular weight is 425 g/mol. The molecular formula is C21H32N2O5S. The van der Waals surface area contributed by atoms with Crippen LogP contribution in [0.25, 0.3) is 0 Å². The molecule has 0 fully saturated rings. The Bertz CT molecular complexity index is 723. The zero-order valence-corrected chi connectivity index (χ0v) is 19.0. The highest BCUT2D eigenvalue weighted by Crippen LogP contribution is 2.42. The summed E-state index contributed by atoms with van der Waals surface area (Å²) in [7, 11) is 1.65. The Labute approximate surface area is 177 Å². The van der Waals surface area contributed by atoms with Gasteiger partial charge in [0, 0.05) is 44.3 Å². The van der Waals surface area contributed by atoms with Crippen molar-refractivity contribution < 1.29 is 23.8 Å². The lowest BCUT2D eigenvalue weighted by Crippen LogP contribution is -2.32. The Morgan fingerprint density at radius 1 is 1.31 bits per heavy atom. The van der Waals surface area contributed by atoms with E-state index in [9.17, 15) is 9.59 Å². The molecule has 0 radical (unpaired) electrons. The number of carbonyl (C=O) groups excluding carboxylic acids is 2. The van der Waals surface area contributed by atoms with Gasteiger partial charge in [-0.1, -0.05) is 26.0 Å². The molecule has 0 aromatic heterocycles. The summed E-state index contributed by atoms with van der Waals surface area (Å²) in [6.07, 6.45) is 0.543. The summed E-state index contributed by atoms with van der Waals surface area (Å²) in [6.45, 7) is 11.5. The number of hydrogen-bond donors (Lipinski definition) is 0. The zero-order chi connectivity index (χ0) is 21.6. The smallest absolute Gasteiger partial charge is 0.426 e. The van der Waals surface area contributed by atoms with E-state index in [0.29, 0.717) is 30.6 Å². The van der Waals surface area contributed by atoms with Gasteiger partial charge in [0.1, 0.15) is 5.60 Å². The first kappa shape index (κ1) is 23.3. The van der Waals surface area contributed by atoms with E-state index in [1.807, 2.05) is 30.3 Å². The molecule has 1 aromatic carbocycles. The maximum Gasteiger partial charge on any atom is 0.426 e. The molecule has 0 aliphatic carbocycles. The Morgan fingerprint density at radius 2 is 2.03 bits per heavy atom. The van der Waals surface area contributed by atoms with Crippen molar-refractivity contribution in [3.8, 4) is 11.5 Å². The SMILES string of the molecule is CCOC(=O)CCN(CC(C)C)SN(C)C(=O)Oc1cccc2c1OC(C)(C)C2. The van der Waals surface area contributed by atoms with Crippen molar-refractivity contribution in [2.24, 2.45) is 5.92 Å². The quantitative estimate of drug-likeness (QED) is 0.432. The molecule has 0 saturated carbocycles. The van der Waals surface area contributed by atoms with Crippen LogP contribution in [0.4, 0.5) is 4.79 Å². The van der Waals surface area contributed by atoms with Crippen LogP contribution in [-0.2, 0) is 16.0 Å². The van der Waals surface area contributed by atoms with Crippen molar-refractivity contribution in [1.29, 1.82) is 0 Å². The van der Waals surface area contributed by atoms with Gasteiger partial charge < -0.3 is 14.2 Å². The second-order valence-corrected chi connectivity index (χ2v) is 9.29. The number of nitrogens with zero attached hydrogens (tertiary/aromatic N) is 2. The van der Waals surface area contributed by atoms with Gasteiger partial charge in [-0.25, -0.2) is 13.4 Å². The summed E-state index contributed by atoms with van der Waals surface area (Å²) >= 11 is 1.24. The van der Waals surface area contributed by atoms with Crippen LogP contribution in [0.5, 0.6) is 11.5 Å². The van der Waals surface area contributed by atoms with E-state index >= 15 is 0 Å². The van der Waals surface area contributed by atoms with E-state index < -0.39 is 6.09 Å². The number of esters is 1. The summed E-state index contributed by atoms with van der Waals surface area (Å²) in [5.41, 5.74) is 0.721. The number of fused-ring (bicyclic) bond motifs is 1. The van der Waals surface area contributed by atoms with Crippen LogP contribution in [-0.4, -0.2) is 53.0 Å². The van der Waals surface area contributed by atoms with Crippen molar-refractivity contribution in [3.05, 3.63) is 23.8 Å². The average Bonchev–Trinajstić information content (AvgIpc) is 2.94. The molecule has 0 atom stereocenters. The van der Waals surface area contributed by atoms with Gasteiger partial charge in [-0.05, 0) is 32.8 Å². The first-order chi connectivity index (χ1) is 13.6. The predicted molar refractivity (Wildman–Crippen MR) is 114 cm³/mol. The lowest BCUT2D eigenvalue weighted by molar-refractivity contribution is -0.143. The second-order valence-electron chi connectivity index (χ2n) is 8.07. The molecule has 1 aromatic rings. The Kier molecular flexibility index (Phi) is 8.22. The molecule has 0 N–H and O–H groups in total. The number of ether oxygens (including phenoxy) is 3. The van der Waals surface area contributed by atoms with Crippen LogP contribution < -0.4 is 9.47 Å². The highest BCUT2D eigenvalue weighted by atomic mass is 32.2. The van der Waals surface area contributed by atoms with Gasteiger partial charge in [0.05, 0.1) is 13.0 Å². The van der Waals surface area contributed by atoms with Crippen molar-refractivity contribution >= 4 is 24.2 Å². The highest BCUT2D eigenvalue weighted by molar-refractivity contribution is 7.95. The largest absolute Gasteiger partial charge is 0.483 e. The van der Waals surface area contributed by atoms with Gasteiger partial charge in [0.15, 0.2) is 11.5 Å². The minimum absolute atomic E-state index is 0.244. The van der Waals surface area contributed by atoms with Gasteiger partial charge in [-0.2, -0.15) is 0 Å². The number of rotatable bonds is 9. The number of para-hydroxylation sites is 1. The lowest BCUT2D eigenvalue weighted by Gasteiger charge is -2.26. The van der Waals surface area contributed by atoms with E-state index in [2.05, 4.69) is 13.8 Å². The molecular weight excluding hydrogens is 392 g/mol. The van der Waals surface area contributed by atoms with Crippen LogP contribution in [0, 0.1) is 5.92 Å². The highest BCUT2D eigenvalue weighted by Gasteiger charge is 2.33. The number of amides is 1. The van der Waals surface area contributed by atoms with Gasteiger partial charge in [-0.3, -0.25) is 4.79 Å².